The summed E-state index contributed by atoms with van der Waals surface area (Å²) in [4.78, 5) is 14.1. The number of rotatable bonds is 23. The molecule has 0 aliphatic carbocycles. The van der Waals surface area contributed by atoms with Crippen LogP contribution in [-0.4, -0.2) is 38.8 Å². The molecule has 1 fully saturated rings. The van der Waals surface area contributed by atoms with Crippen LogP contribution in [0.1, 0.15) is 141 Å². The molecule has 1 saturated heterocycles. The van der Waals surface area contributed by atoms with Crippen molar-refractivity contribution in [1.29, 1.82) is 0 Å². The number of nitrogens with zero attached hydrogens (tertiary/aromatic N) is 3. The van der Waals surface area contributed by atoms with Gasteiger partial charge in [-0.1, -0.05) is 110 Å². The quantitative estimate of drug-likeness (QED) is 0.0994. The molecular weight excluding hydrogens is 527 g/mol. The fourth-order valence-corrected chi connectivity index (χ4v) is 6.27. The third-order valence-corrected chi connectivity index (χ3v) is 8.86. The third kappa shape index (κ3) is 12.2. The van der Waals surface area contributed by atoms with Gasteiger partial charge in [-0.25, -0.2) is 14.1 Å². The van der Waals surface area contributed by atoms with Crippen molar-refractivity contribution in [2.45, 2.75) is 141 Å². The van der Waals surface area contributed by atoms with Crippen molar-refractivity contribution in [2.24, 2.45) is 0 Å². The fourth-order valence-electron chi connectivity index (χ4n) is 5.48. The largest absolute Gasteiger partial charge is 0.472 e. The van der Waals surface area contributed by atoms with Crippen LogP contribution in [0.5, 0.6) is 0 Å². The van der Waals surface area contributed by atoms with Gasteiger partial charge in [0.15, 0.2) is 5.82 Å². The topological polar surface area (TPSA) is 121 Å². The monoisotopic (exact) mass is 580 g/mol. The Morgan fingerprint density at radius 3 is 2.08 bits per heavy atom. The summed E-state index contributed by atoms with van der Waals surface area (Å²) in [5.41, 5.74) is 7.53. The zero-order valence-corrected chi connectivity index (χ0v) is 25.6. The Morgan fingerprint density at radius 2 is 1.48 bits per heavy atom. The second-order valence-corrected chi connectivity index (χ2v) is 12.7. The highest BCUT2D eigenvalue weighted by atomic mass is 31.2. The number of phosphoric ester groups is 1. The maximum atomic E-state index is 12.3. The molecule has 0 spiro atoms. The highest BCUT2D eigenvalue weighted by Gasteiger charge is 2.31. The molecule has 3 heterocycles. The first-order valence-electron chi connectivity index (χ1n) is 15.9. The van der Waals surface area contributed by atoms with Crippen LogP contribution in [0.2, 0.25) is 0 Å². The van der Waals surface area contributed by atoms with Gasteiger partial charge in [0.25, 0.3) is 0 Å². The standard InChI is InChI=1S/C30H53N4O5P/c1-2-3-4-5-6-7-8-9-10-11-12-13-14-15-16-17-18-23-37-40(35,36)38-24-26-19-22-29(39-26)27-20-21-28-30(31)32-25-33-34(27)28/h20-21,25-26,29H,2-19,22-24H2,1H3,(H,35,36)(H2,31,32,33). The fraction of sp³-hybridized carbons (Fsp3) is 0.800. The lowest BCUT2D eigenvalue weighted by Crippen LogP contribution is -2.15. The zero-order chi connectivity index (χ0) is 28.5. The van der Waals surface area contributed by atoms with Crippen molar-refractivity contribution in [1.82, 2.24) is 14.6 Å². The van der Waals surface area contributed by atoms with Crippen molar-refractivity contribution in [3.63, 3.8) is 0 Å². The van der Waals surface area contributed by atoms with Crippen molar-refractivity contribution in [2.75, 3.05) is 18.9 Å². The van der Waals surface area contributed by atoms with Crippen molar-refractivity contribution >= 4 is 19.2 Å². The minimum atomic E-state index is -4.08. The molecule has 0 aromatic carbocycles. The van der Waals surface area contributed by atoms with E-state index in [4.69, 9.17) is 19.5 Å². The minimum Gasteiger partial charge on any atom is -0.382 e. The van der Waals surface area contributed by atoms with E-state index in [-0.39, 0.29) is 25.4 Å². The Kier molecular flexibility index (Phi) is 15.5. The summed E-state index contributed by atoms with van der Waals surface area (Å²) >= 11 is 0. The van der Waals surface area contributed by atoms with E-state index in [1.165, 1.54) is 96.2 Å². The van der Waals surface area contributed by atoms with Gasteiger partial charge in [0.1, 0.15) is 17.9 Å². The van der Waals surface area contributed by atoms with Gasteiger partial charge in [-0.3, -0.25) is 9.05 Å². The Morgan fingerprint density at radius 1 is 0.900 bits per heavy atom. The molecule has 40 heavy (non-hydrogen) atoms. The van der Waals surface area contributed by atoms with E-state index >= 15 is 0 Å². The van der Waals surface area contributed by atoms with Crippen LogP contribution in [0.25, 0.3) is 5.52 Å². The maximum Gasteiger partial charge on any atom is 0.472 e. The van der Waals surface area contributed by atoms with Gasteiger partial charge in [0, 0.05) is 0 Å². The van der Waals surface area contributed by atoms with Crippen LogP contribution >= 0.6 is 7.82 Å². The number of aromatic nitrogens is 3. The summed E-state index contributed by atoms with van der Waals surface area (Å²) in [5.74, 6) is 0.414. The molecule has 3 N–H and O–H groups in total. The van der Waals surface area contributed by atoms with Crippen LogP contribution in [0.3, 0.4) is 0 Å². The lowest BCUT2D eigenvalue weighted by atomic mass is 10.0. The smallest absolute Gasteiger partial charge is 0.382 e. The number of fused-ring (bicyclic) bond motifs is 1. The van der Waals surface area contributed by atoms with Crippen LogP contribution in [0, 0.1) is 0 Å². The number of phosphoric acid groups is 1. The molecule has 3 unspecified atom stereocenters. The molecule has 3 rings (SSSR count). The van der Waals surface area contributed by atoms with Crippen LogP contribution in [0.15, 0.2) is 18.5 Å². The summed E-state index contributed by atoms with van der Waals surface area (Å²) in [7, 11) is -4.08. The second-order valence-electron chi connectivity index (χ2n) is 11.3. The van der Waals surface area contributed by atoms with Crippen LogP contribution in [-0.2, 0) is 18.3 Å². The SMILES string of the molecule is CCCCCCCCCCCCCCCCCCCOP(=O)(O)OCC1CCC(c2ccc3c(N)ncnn23)O1. The Balaban J connectivity index is 1.13. The Bertz CT molecular complexity index is 1000. The summed E-state index contributed by atoms with van der Waals surface area (Å²) in [6.45, 7) is 2.52. The number of nitrogen functional groups attached to an aromatic ring is 1. The van der Waals surface area contributed by atoms with E-state index in [0.717, 1.165) is 43.3 Å². The molecule has 9 nitrogen and oxygen atoms in total. The number of ether oxygens (including phenoxy) is 1. The summed E-state index contributed by atoms with van der Waals surface area (Å²) in [6.07, 6.45) is 24.5. The van der Waals surface area contributed by atoms with Gasteiger partial charge in [0.2, 0.25) is 0 Å². The molecule has 228 valence electrons. The third-order valence-electron chi connectivity index (χ3n) is 7.87. The van der Waals surface area contributed by atoms with E-state index in [0.29, 0.717) is 5.82 Å². The average Bonchev–Trinajstić information content (AvgIpc) is 3.59. The van der Waals surface area contributed by atoms with Gasteiger partial charge in [-0.2, -0.15) is 5.10 Å². The summed E-state index contributed by atoms with van der Waals surface area (Å²) in [5, 5.41) is 4.26. The zero-order valence-electron chi connectivity index (χ0n) is 24.7. The van der Waals surface area contributed by atoms with Gasteiger partial charge < -0.3 is 15.4 Å². The Labute approximate surface area is 241 Å². The van der Waals surface area contributed by atoms with E-state index in [1.54, 1.807) is 4.52 Å². The van der Waals surface area contributed by atoms with Crippen LogP contribution < -0.4 is 5.73 Å². The lowest BCUT2D eigenvalue weighted by Gasteiger charge is -2.16. The van der Waals surface area contributed by atoms with E-state index < -0.39 is 7.82 Å². The molecule has 3 atom stereocenters. The van der Waals surface area contributed by atoms with Crippen molar-refractivity contribution in [3.8, 4) is 0 Å². The molecule has 1 aliphatic rings. The second kappa shape index (κ2) is 18.8. The molecule has 2 aromatic heterocycles. The highest BCUT2D eigenvalue weighted by molar-refractivity contribution is 7.47. The van der Waals surface area contributed by atoms with Crippen molar-refractivity contribution < 1.29 is 23.2 Å². The molecule has 0 amide bonds. The normalized spacial score (nSPS) is 18.9. The molecule has 1 aliphatic heterocycles. The summed E-state index contributed by atoms with van der Waals surface area (Å²) in [6, 6.07) is 3.79. The maximum absolute atomic E-state index is 12.3. The number of hydrogen-bond donors (Lipinski definition) is 2. The predicted molar refractivity (Wildman–Crippen MR) is 160 cm³/mol. The molecule has 10 heteroatoms. The minimum absolute atomic E-state index is 0.0176. The Hall–Kier alpha value is -1.51. The first-order chi connectivity index (χ1) is 19.5. The average molecular weight is 581 g/mol. The van der Waals surface area contributed by atoms with E-state index in [2.05, 4.69) is 17.0 Å². The van der Waals surface area contributed by atoms with E-state index in [1.807, 2.05) is 12.1 Å². The molecule has 0 saturated carbocycles. The first kappa shape index (κ1) is 33.0. The van der Waals surface area contributed by atoms with Crippen molar-refractivity contribution in [3.05, 3.63) is 24.2 Å². The number of anilines is 1. The first-order valence-corrected chi connectivity index (χ1v) is 17.3. The predicted octanol–water partition coefficient (Wildman–Crippen LogP) is 8.32. The lowest BCUT2D eigenvalue weighted by molar-refractivity contribution is 0.00485. The highest BCUT2D eigenvalue weighted by Crippen LogP contribution is 2.45. The summed E-state index contributed by atoms with van der Waals surface area (Å²) < 4.78 is 30.5. The van der Waals surface area contributed by atoms with Gasteiger partial charge in [0.05, 0.1) is 25.0 Å². The molecule has 2 aromatic rings. The molecule has 0 radical (unpaired) electrons. The van der Waals surface area contributed by atoms with Crippen LogP contribution in [0.4, 0.5) is 5.82 Å². The van der Waals surface area contributed by atoms with Gasteiger partial charge >= 0.3 is 7.82 Å². The number of unbranched alkanes of at least 4 members (excludes halogenated alkanes) is 16. The molecule has 0 bridgehead atoms. The number of hydrogen-bond acceptors (Lipinski definition) is 7. The van der Waals surface area contributed by atoms with E-state index in [9.17, 15) is 9.46 Å². The van der Waals surface area contributed by atoms with Gasteiger partial charge in [-0.15, -0.1) is 0 Å². The number of nitrogens with two attached hydrogens (primary N) is 1. The molecular formula is C30H53N4O5P. The van der Waals surface area contributed by atoms with Gasteiger partial charge in [-0.05, 0) is 31.4 Å².